The highest BCUT2D eigenvalue weighted by Crippen LogP contribution is 2.12. The molecule has 6 nitrogen and oxygen atoms in total. The van der Waals surface area contributed by atoms with Crippen LogP contribution in [0.5, 0.6) is 0 Å². The van der Waals surface area contributed by atoms with E-state index in [0.29, 0.717) is 19.6 Å². The number of nitrogens with one attached hydrogen (secondary N) is 1. The van der Waals surface area contributed by atoms with E-state index in [2.05, 4.69) is 10.2 Å². The molecule has 2 N–H and O–H groups in total. The molecule has 0 heterocycles. The van der Waals surface area contributed by atoms with Crippen molar-refractivity contribution in [2.45, 2.75) is 39.2 Å². The Kier molecular flexibility index (Phi) is 11.5. The third kappa shape index (κ3) is 9.03. The molecule has 0 aliphatic heterocycles. The van der Waals surface area contributed by atoms with Gasteiger partial charge in [-0.15, -0.1) is 0 Å². The highest BCUT2D eigenvalue weighted by atomic mass is 16.5. The zero-order valence-corrected chi connectivity index (χ0v) is 14.0. The summed E-state index contributed by atoms with van der Waals surface area (Å²) >= 11 is 0. The van der Waals surface area contributed by atoms with Crippen LogP contribution in [0.15, 0.2) is 0 Å². The molecule has 6 heteroatoms. The Morgan fingerprint density at radius 3 is 2.05 bits per heavy atom. The van der Waals surface area contributed by atoms with E-state index in [1.165, 1.54) is 0 Å². The van der Waals surface area contributed by atoms with Gasteiger partial charge in [0, 0.05) is 26.3 Å². The topological polar surface area (TPSA) is 71.0 Å². The maximum Gasteiger partial charge on any atom is 0.323 e. The maximum absolute atomic E-state index is 11.2. The van der Waals surface area contributed by atoms with Crippen molar-refractivity contribution in [3.05, 3.63) is 0 Å². The van der Waals surface area contributed by atoms with Crippen LogP contribution in [-0.4, -0.2) is 74.6 Å². The van der Waals surface area contributed by atoms with Crippen LogP contribution in [0.1, 0.15) is 33.6 Å². The fourth-order valence-electron chi connectivity index (χ4n) is 2.01. The molecule has 126 valence electrons. The molecular weight excluding hydrogens is 272 g/mol. The number of hydrogen-bond donors (Lipinski definition) is 2. The van der Waals surface area contributed by atoms with Crippen molar-refractivity contribution < 1.29 is 19.4 Å². The Bertz CT molecular complexity index is 266. The van der Waals surface area contributed by atoms with Gasteiger partial charge in [-0.25, -0.2) is 0 Å². The summed E-state index contributed by atoms with van der Waals surface area (Å²) in [6, 6.07) is 0. The van der Waals surface area contributed by atoms with E-state index in [0.717, 1.165) is 39.3 Å². The summed E-state index contributed by atoms with van der Waals surface area (Å²) in [4.78, 5) is 13.5. The molecule has 0 spiro atoms. The largest absolute Gasteiger partial charge is 0.480 e. The van der Waals surface area contributed by atoms with Gasteiger partial charge in [0.05, 0.1) is 13.2 Å². The number of likely N-dealkylation sites (N-methyl/N-ethyl adjacent to an activating group) is 1. The third-order valence-electron chi connectivity index (χ3n) is 3.69. The van der Waals surface area contributed by atoms with Gasteiger partial charge in [0.15, 0.2) is 0 Å². The number of hydrogen-bond acceptors (Lipinski definition) is 5. The van der Waals surface area contributed by atoms with Crippen LogP contribution >= 0.6 is 0 Å². The first-order valence-corrected chi connectivity index (χ1v) is 7.80. The van der Waals surface area contributed by atoms with Crippen molar-refractivity contribution in [2.75, 3.05) is 53.1 Å². The van der Waals surface area contributed by atoms with E-state index in [4.69, 9.17) is 9.47 Å². The maximum atomic E-state index is 11.2. The Hall–Kier alpha value is -0.690. The van der Waals surface area contributed by atoms with Crippen molar-refractivity contribution in [1.82, 2.24) is 10.2 Å². The number of carboxylic acids is 1. The summed E-state index contributed by atoms with van der Waals surface area (Å²) in [6.45, 7) is 11.1. The number of carboxylic acid groups (broad SMARTS) is 1. The molecule has 21 heavy (non-hydrogen) atoms. The summed E-state index contributed by atoms with van der Waals surface area (Å²) in [5.41, 5.74) is -0.856. The summed E-state index contributed by atoms with van der Waals surface area (Å²) in [5.74, 6) is -0.805. The lowest BCUT2D eigenvalue weighted by Gasteiger charge is -2.27. The van der Waals surface area contributed by atoms with Gasteiger partial charge in [0.2, 0.25) is 0 Å². The van der Waals surface area contributed by atoms with Crippen LogP contribution in [0, 0.1) is 0 Å². The predicted molar refractivity (Wildman–Crippen MR) is 83.8 cm³/mol. The van der Waals surface area contributed by atoms with E-state index < -0.39 is 11.5 Å². The molecule has 0 aromatic heterocycles. The molecule has 0 amide bonds. The van der Waals surface area contributed by atoms with E-state index in [1.54, 1.807) is 14.0 Å². The van der Waals surface area contributed by atoms with Gasteiger partial charge in [0.25, 0.3) is 0 Å². The van der Waals surface area contributed by atoms with Crippen molar-refractivity contribution in [3.63, 3.8) is 0 Å². The van der Waals surface area contributed by atoms with Crippen molar-refractivity contribution in [1.29, 1.82) is 0 Å². The first kappa shape index (κ1) is 20.3. The fourth-order valence-corrected chi connectivity index (χ4v) is 2.01. The van der Waals surface area contributed by atoms with Crippen LogP contribution in [-0.2, 0) is 14.3 Å². The van der Waals surface area contributed by atoms with Crippen LogP contribution in [0.3, 0.4) is 0 Å². The van der Waals surface area contributed by atoms with E-state index in [1.807, 2.05) is 13.8 Å². The SMILES string of the molecule is CCOCCN(CCCC(C)(NC)C(=O)O)CCOCC. The smallest absolute Gasteiger partial charge is 0.323 e. The lowest BCUT2D eigenvalue weighted by molar-refractivity contribution is -0.144. The molecular formula is C15H32N2O4. The Morgan fingerprint density at radius 1 is 1.14 bits per heavy atom. The van der Waals surface area contributed by atoms with Gasteiger partial charge < -0.3 is 19.9 Å². The van der Waals surface area contributed by atoms with Gasteiger partial charge >= 0.3 is 5.97 Å². The van der Waals surface area contributed by atoms with Gasteiger partial charge in [-0.05, 0) is 47.2 Å². The normalized spacial score (nSPS) is 14.3. The molecule has 0 saturated carbocycles. The van der Waals surface area contributed by atoms with Gasteiger partial charge in [0.1, 0.15) is 5.54 Å². The van der Waals surface area contributed by atoms with E-state index in [9.17, 15) is 9.90 Å². The fraction of sp³-hybridized carbons (Fsp3) is 0.933. The molecule has 0 fully saturated rings. The molecule has 0 rings (SSSR count). The quantitative estimate of drug-likeness (QED) is 0.470. The molecule has 0 aromatic carbocycles. The predicted octanol–water partition coefficient (Wildman–Crippen LogP) is 1.20. The molecule has 1 atom stereocenters. The molecule has 0 radical (unpaired) electrons. The summed E-state index contributed by atoms with van der Waals surface area (Å²) in [5, 5.41) is 12.1. The number of aliphatic carboxylic acids is 1. The van der Waals surface area contributed by atoms with Crippen molar-refractivity contribution in [2.24, 2.45) is 0 Å². The zero-order valence-electron chi connectivity index (χ0n) is 14.0. The third-order valence-corrected chi connectivity index (χ3v) is 3.69. The number of ether oxygens (including phenoxy) is 2. The summed E-state index contributed by atoms with van der Waals surface area (Å²) in [7, 11) is 1.69. The standard InChI is InChI=1S/C15H32N2O4/c1-5-20-12-10-17(11-13-21-6-2)9-7-8-15(3,16-4)14(18)19/h16H,5-13H2,1-4H3,(H,18,19). The Labute approximate surface area is 128 Å². The van der Waals surface area contributed by atoms with E-state index >= 15 is 0 Å². The Morgan fingerprint density at radius 2 is 1.67 bits per heavy atom. The molecule has 0 bridgehead atoms. The van der Waals surface area contributed by atoms with Gasteiger partial charge in [-0.1, -0.05) is 0 Å². The second kappa shape index (κ2) is 11.9. The highest BCUT2D eigenvalue weighted by molar-refractivity contribution is 5.78. The zero-order chi connectivity index (χ0) is 16.1. The monoisotopic (exact) mass is 304 g/mol. The van der Waals surface area contributed by atoms with Crippen molar-refractivity contribution >= 4 is 5.97 Å². The van der Waals surface area contributed by atoms with Crippen LogP contribution < -0.4 is 5.32 Å². The minimum absolute atomic E-state index is 0.596. The number of carbonyl (C=O) groups is 1. The minimum Gasteiger partial charge on any atom is -0.480 e. The first-order chi connectivity index (χ1) is 10.00. The van der Waals surface area contributed by atoms with Crippen LogP contribution in [0.25, 0.3) is 0 Å². The Balaban J connectivity index is 4.16. The number of nitrogens with zero attached hydrogens (tertiary/aromatic N) is 1. The first-order valence-electron chi connectivity index (χ1n) is 7.80. The second-order valence-electron chi connectivity index (χ2n) is 5.23. The van der Waals surface area contributed by atoms with Crippen LogP contribution in [0.2, 0.25) is 0 Å². The average molecular weight is 304 g/mol. The lowest BCUT2D eigenvalue weighted by atomic mass is 9.96. The summed E-state index contributed by atoms with van der Waals surface area (Å²) in [6.07, 6.45) is 1.42. The van der Waals surface area contributed by atoms with Gasteiger partial charge in [-0.2, -0.15) is 0 Å². The summed E-state index contributed by atoms with van der Waals surface area (Å²) < 4.78 is 10.8. The van der Waals surface area contributed by atoms with Crippen LogP contribution in [0.4, 0.5) is 0 Å². The molecule has 0 saturated heterocycles. The molecule has 0 aliphatic carbocycles. The molecule has 0 aromatic rings. The minimum atomic E-state index is -0.856. The molecule has 1 unspecified atom stereocenters. The molecule has 0 aliphatic rings. The van der Waals surface area contributed by atoms with Crippen molar-refractivity contribution in [3.8, 4) is 0 Å². The lowest BCUT2D eigenvalue weighted by Crippen LogP contribution is -2.48. The number of rotatable bonds is 14. The second-order valence-corrected chi connectivity index (χ2v) is 5.23. The highest BCUT2D eigenvalue weighted by Gasteiger charge is 2.30. The van der Waals surface area contributed by atoms with Gasteiger partial charge in [-0.3, -0.25) is 9.69 Å². The van der Waals surface area contributed by atoms with E-state index in [-0.39, 0.29) is 0 Å². The average Bonchev–Trinajstić information content (AvgIpc) is 2.46.